The lowest BCUT2D eigenvalue weighted by atomic mass is 9.96. The molecule has 2 aliphatic rings. The SMILES string of the molecule is C[C@@H](O)[C@H]1C(=O)N[C@@H]1SC(=O)[C@H]1CCCO1. The van der Waals surface area contributed by atoms with E-state index in [1.54, 1.807) is 6.92 Å². The highest BCUT2D eigenvalue weighted by molar-refractivity contribution is 8.14. The molecule has 0 aromatic heterocycles. The van der Waals surface area contributed by atoms with Gasteiger partial charge < -0.3 is 15.2 Å². The molecular weight excluding hydrogens is 230 g/mol. The van der Waals surface area contributed by atoms with Gasteiger partial charge in [0.05, 0.1) is 17.4 Å². The van der Waals surface area contributed by atoms with E-state index in [-0.39, 0.29) is 22.5 Å². The number of hydrogen-bond acceptors (Lipinski definition) is 5. The van der Waals surface area contributed by atoms with E-state index < -0.39 is 12.0 Å². The maximum Gasteiger partial charge on any atom is 0.229 e. The molecular formula is C10H15NO4S. The van der Waals surface area contributed by atoms with Gasteiger partial charge in [-0.15, -0.1) is 0 Å². The molecule has 4 atom stereocenters. The number of aliphatic hydroxyl groups is 1. The first-order valence-corrected chi connectivity index (χ1v) is 6.28. The molecule has 2 fully saturated rings. The topological polar surface area (TPSA) is 75.6 Å². The maximum absolute atomic E-state index is 11.7. The van der Waals surface area contributed by atoms with Gasteiger partial charge in [-0.25, -0.2) is 0 Å². The Morgan fingerprint density at radius 3 is 2.94 bits per heavy atom. The smallest absolute Gasteiger partial charge is 0.229 e. The van der Waals surface area contributed by atoms with Crippen molar-refractivity contribution < 1.29 is 19.4 Å². The number of carbonyl (C=O) groups excluding carboxylic acids is 2. The molecule has 5 nitrogen and oxygen atoms in total. The molecule has 0 aliphatic carbocycles. The molecule has 2 heterocycles. The fourth-order valence-corrected chi connectivity index (χ4v) is 3.17. The van der Waals surface area contributed by atoms with Gasteiger partial charge in [0.1, 0.15) is 6.10 Å². The minimum atomic E-state index is -0.719. The van der Waals surface area contributed by atoms with Crippen molar-refractivity contribution in [1.29, 1.82) is 0 Å². The predicted molar refractivity (Wildman–Crippen MR) is 58.7 cm³/mol. The van der Waals surface area contributed by atoms with E-state index in [0.29, 0.717) is 6.61 Å². The Morgan fingerprint density at radius 2 is 2.44 bits per heavy atom. The number of rotatable bonds is 3. The van der Waals surface area contributed by atoms with Crippen molar-refractivity contribution in [1.82, 2.24) is 5.32 Å². The third-order valence-electron chi connectivity index (χ3n) is 2.87. The predicted octanol–water partition coefficient (Wildman–Crippen LogP) is -0.122. The summed E-state index contributed by atoms with van der Waals surface area (Å²) in [6.45, 7) is 2.20. The van der Waals surface area contributed by atoms with Crippen LogP contribution in [0.2, 0.25) is 0 Å². The van der Waals surface area contributed by atoms with Crippen LogP contribution in [0.1, 0.15) is 19.8 Å². The van der Waals surface area contributed by atoms with Crippen LogP contribution in [0.4, 0.5) is 0 Å². The summed E-state index contributed by atoms with van der Waals surface area (Å²) in [6, 6.07) is 0. The first kappa shape index (κ1) is 11.9. The first-order valence-electron chi connectivity index (χ1n) is 5.40. The summed E-state index contributed by atoms with van der Waals surface area (Å²) < 4.78 is 5.26. The summed E-state index contributed by atoms with van der Waals surface area (Å²) in [5, 5.41) is 11.6. The third-order valence-corrected chi connectivity index (χ3v) is 4.03. The number of aliphatic hydroxyl groups excluding tert-OH is 1. The van der Waals surface area contributed by atoms with Crippen molar-refractivity contribution in [2.24, 2.45) is 5.92 Å². The van der Waals surface area contributed by atoms with Gasteiger partial charge in [-0.3, -0.25) is 9.59 Å². The van der Waals surface area contributed by atoms with E-state index in [2.05, 4.69) is 5.32 Å². The van der Waals surface area contributed by atoms with Crippen LogP contribution < -0.4 is 5.32 Å². The van der Waals surface area contributed by atoms with Crippen molar-refractivity contribution in [3.63, 3.8) is 0 Å². The van der Waals surface area contributed by atoms with Crippen molar-refractivity contribution >= 4 is 22.8 Å². The second-order valence-corrected chi connectivity index (χ2v) is 5.28. The molecule has 6 heteroatoms. The van der Waals surface area contributed by atoms with Gasteiger partial charge in [-0.05, 0) is 19.8 Å². The van der Waals surface area contributed by atoms with E-state index >= 15 is 0 Å². The van der Waals surface area contributed by atoms with Crippen LogP contribution in [-0.4, -0.2) is 40.3 Å². The molecule has 2 rings (SSSR count). The molecule has 2 aliphatic heterocycles. The minimum absolute atomic E-state index is 0.0480. The fraction of sp³-hybridized carbons (Fsp3) is 0.800. The molecule has 2 N–H and O–H groups in total. The van der Waals surface area contributed by atoms with Crippen molar-refractivity contribution in [2.45, 2.75) is 37.3 Å². The monoisotopic (exact) mass is 245 g/mol. The summed E-state index contributed by atoms with van der Waals surface area (Å²) in [6.07, 6.45) is 0.611. The van der Waals surface area contributed by atoms with Crippen molar-refractivity contribution in [2.75, 3.05) is 6.61 Å². The van der Waals surface area contributed by atoms with E-state index in [9.17, 15) is 14.7 Å². The maximum atomic E-state index is 11.7. The quantitative estimate of drug-likeness (QED) is 0.678. The Labute approximate surface area is 97.9 Å². The minimum Gasteiger partial charge on any atom is -0.392 e. The molecule has 16 heavy (non-hydrogen) atoms. The summed E-state index contributed by atoms with van der Waals surface area (Å²) >= 11 is 1.07. The van der Waals surface area contributed by atoms with Gasteiger partial charge in [-0.1, -0.05) is 11.8 Å². The molecule has 1 amide bonds. The van der Waals surface area contributed by atoms with E-state index in [1.165, 1.54) is 0 Å². The Hall–Kier alpha value is -0.590. The van der Waals surface area contributed by atoms with Gasteiger partial charge in [0.2, 0.25) is 11.0 Å². The van der Waals surface area contributed by atoms with Crippen LogP contribution in [0.25, 0.3) is 0 Å². The molecule has 0 unspecified atom stereocenters. The van der Waals surface area contributed by atoms with Gasteiger partial charge in [0.15, 0.2) is 0 Å². The average Bonchev–Trinajstić information content (AvgIpc) is 2.67. The molecule has 90 valence electrons. The first-order chi connectivity index (χ1) is 7.59. The fourth-order valence-electron chi connectivity index (χ4n) is 1.91. The molecule has 0 aromatic rings. The summed E-state index contributed by atoms with van der Waals surface area (Å²) in [5.41, 5.74) is 0. The summed E-state index contributed by atoms with van der Waals surface area (Å²) in [4.78, 5) is 22.9. The lowest BCUT2D eigenvalue weighted by molar-refractivity contribution is -0.136. The molecule has 2 saturated heterocycles. The Kier molecular flexibility index (Phi) is 3.51. The number of ether oxygens (including phenoxy) is 1. The zero-order chi connectivity index (χ0) is 11.7. The van der Waals surface area contributed by atoms with Crippen LogP contribution in [0.5, 0.6) is 0 Å². The highest BCUT2D eigenvalue weighted by Crippen LogP contribution is 2.31. The highest BCUT2D eigenvalue weighted by Gasteiger charge is 2.45. The normalized spacial score (nSPS) is 35.4. The van der Waals surface area contributed by atoms with Gasteiger partial charge in [0.25, 0.3) is 0 Å². The molecule has 0 aromatic carbocycles. The zero-order valence-corrected chi connectivity index (χ0v) is 9.83. The van der Waals surface area contributed by atoms with Gasteiger partial charge in [0, 0.05) is 6.61 Å². The number of thioether (sulfide) groups is 1. The van der Waals surface area contributed by atoms with Crippen LogP contribution in [0.3, 0.4) is 0 Å². The lowest BCUT2D eigenvalue weighted by Gasteiger charge is -2.37. The lowest BCUT2D eigenvalue weighted by Crippen LogP contribution is -2.60. The second kappa shape index (κ2) is 4.73. The second-order valence-electron chi connectivity index (χ2n) is 4.13. The third kappa shape index (κ3) is 2.23. The van der Waals surface area contributed by atoms with Crippen LogP contribution >= 0.6 is 11.8 Å². The largest absolute Gasteiger partial charge is 0.392 e. The summed E-state index contributed by atoms with van der Waals surface area (Å²) in [7, 11) is 0. The van der Waals surface area contributed by atoms with E-state index in [4.69, 9.17) is 4.74 Å². The number of carbonyl (C=O) groups is 2. The molecule has 0 saturated carbocycles. The van der Waals surface area contributed by atoms with Crippen LogP contribution in [0, 0.1) is 5.92 Å². The zero-order valence-electron chi connectivity index (χ0n) is 9.01. The van der Waals surface area contributed by atoms with Crippen molar-refractivity contribution in [3.8, 4) is 0 Å². The van der Waals surface area contributed by atoms with E-state index in [1.807, 2.05) is 0 Å². The van der Waals surface area contributed by atoms with Gasteiger partial charge in [-0.2, -0.15) is 0 Å². The van der Waals surface area contributed by atoms with Crippen molar-refractivity contribution in [3.05, 3.63) is 0 Å². The van der Waals surface area contributed by atoms with Crippen LogP contribution in [-0.2, 0) is 14.3 Å². The molecule has 0 radical (unpaired) electrons. The number of β-lactam (4-membered cyclic amide) rings is 1. The van der Waals surface area contributed by atoms with Crippen LogP contribution in [0.15, 0.2) is 0 Å². The Balaban J connectivity index is 1.85. The summed E-state index contributed by atoms with van der Waals surface area (Å²) in [5.74, 6) is -0.664. The molecule has 0 bridgehead atoms. The van der Waals surface area contributed by atoms with Gasteiger partial charge >= 0.3 is 0 Å². The molecule has 0 spiro atoms. The Morgan fingerprint density at radius 1 is 1.69 bits per heavy atom. The number of hydrogen-bond donors (Lipinski definition) is 2. The number of amides is 1. The highest BCUT2D eigenvalue weighted by atomic mass is 32.2. The Bertz CT molecular complexity index is 301. The standard InChI is InChI=1S/C10H15NO4S/c1-5(12)7-8(13)11-9(7)16-10(14)6-3-2-4-15-6/h5-7,9,12H,2-4H2,1H3,(H,11,13)/t5-,6-,7+,9-/m1/s1. The number of nitrogens with one attached hydrogen (secondary N) is 1. The van der Waals surface area contributed by atoms with E-state index in [0.717, 1.165) is 24.6 Å². The average molecular weight is 245 g/mol.